The lowest BCUT2D eigenvalue weighted by Gasteiger charge is -2.39. The van der Waals surface area contributed by atoms with Crippen LogP contribution in [0.4, 0.5) is 32.4 Å². The summed E-state index contributed by atoms with van der Waals surface area (Å²) in [6.07, 6.45) is -5.25. The summed E-state index contributed by atoms with van der Waals surface area (Å²) in [7, 11) is 0. The minimum absolute atomic E-state index is 0.0502. The van der Waals surface area contributed by atoms with Crippen molar-refractivity contribution in [3.05, 3.63) is 53.9 Å². The molecule has 1 saturated heterocycles. The van der Waals surface area contributed by atoms with Gasteiger partial charge in [0.15, 0.2) is 0 Å². The average Bonchev–Trinajstić information content (AvgIpc) is 3.42. The lowest BCUT2D eigenvalue weighted by atomic mass is 9.86. The normalized spacial score (nSPS) is 17.4. The van der Waals surface area contributed by atoms with Crippen LogP contribution in [0.25, 0.3) is 0 Å². The van der Waals surface area contributed by atoms with Crippen molar-refractivity contribution in [2.45, 2.75) is 91.5 Å². The molecule has 2 atom stereocenters. The number of unbranched alkanes of at least 4 members (excludes halogenated alkanes) is 1. The van der Waals surface area contributed by atoms with Crippen LogP contribution in [0.15, 0.2) is 51.4 Å². The van der Waals surface area contributed by atoms with Gasteiger partial charge in [0.05, 0.1) is 12.2 Å². The van der Waals surface area contributed by atoms with Crippen molar-refractivity contribution in [1.82, 2.24) is 15.2 Å². The van der Waals surface area contributed by atoms with E-state index in [1.54, 1.807) is 6.92 Å². The van der Waals surface area contributed by atoms with Gasteiger partial charge in [0.25, 0.3) is 0 Å². The second kappa shape index (κ2) is 19.7. The van der Waals surface area contributed by atoms with Gasteiger partial charge in [0.1, 0.15) is 11.9 Å². The van der Waals surface area contributed by atoms with Crippen molar-refractivity contribution >= 4 is 18.6 Å². The molecule has 0 saturated carbocycles. The Bertz CT molecular complexity index is 1080. The number of nitrogens with two attached hydrogens (primary N) is 1. The Kier molecular flexibility index (Phi) is 18.1. The van der Waals surface area contributed by atoms with Gasteiger partial charge in [-0.3, -0.25) is 4.99 Å². The summed E-state index contributed by atoms with van der Waals surface area (Å²) in [5, 5.41) is 11.9. The van der Waals surface area contributed by atoms with Gasteiger partial charge in [-0.1, -0.05) is 51.0 Å². The topological polar surface area (TPSA) is 96.1 Å². The highest BCUT2D eigenvalue weighted by Crippen LogP contribution is 2.39. The Labute approximate surface area is 250 Å². The van der Waals surface area contributed by atoms with Crippen LogP contribution in [-0.2, 0) is 6.18 Å². The first-order valence-corrected chi connectivity index (χ1v) is 14.3. The predicted molar refractivity (Wildman–Crippen MR) is 160 cm³/mol. The second-order valence-corrected chi connectivity index (χ2v) is 8.61. The lowest BCUT2D eigenvalue weighted by Crippen LogP contribution is -2.51. The third-order valence-electron chi connectivity index (χ3n) is 6.00. The predicted octanol–water partition coefficient (Wildman–Crippen LogP) is 7.97. The van der Waals surface area contributed by atoms with Crippen molar-refractivity contribution in [3.8, 4) is 0 Å². The first-order chi connectivity index (χ1) is 20.4. The molecule has 1 aliphatic heterocycles. The molecule has 1 fully saturated rings. The molecule has 2 unspecified atom stereocenters. The summed E-state index contributed by atoms with van der Waals surface area (Å²) in [5.74, 6) is -0.0806. The highest BCUT2D eigenvalue weighted by Gasteiger charge is 2.49. The largest absolute Gasteiger partial charge is 0.416 e. The molecule has 2 aromatic rings. The summed E-state index contributed by atoms with van der Waals surface area (Å²) in [6.45, 7) is 20.3. The number of nitrogens with zero attached hydrogens (tertiary/aromatic N) is 6. The Morgan fingerprint density at radius 2 is 1.67 bits per heavy atom. The number of halogens is 6. The minimum atomic E-state index is -4.54. The highest BCUT2D eigenvalue weighted by molar-refractivity contribution is 5.90. The van der Waals surface area contributed by atoms with Crippen LogP contribution < -0.4 is 10.6 Å². The number of benzene rings is 1. The number of amidine groups is 1. The average molecular weight is 622 g/mol. The van der Waals surface area contributed by atoms with Gasteiger partial charge in [-0.05, 0) is 50.3 Å². The number of aliphatic imine (C=N–C) groups is 1. The molecule has 3 rings (SSSR count). The van der Waals surface area contributed by atoms with Crippen molar-refractivity contribution < 1.29 is 30.8 Å². The van der Waals surface area contributed by atoms with E-state index < -0.39 is 29.9 Å². The Balaban J connectivity index is 0.000000830. The molecular weight excluding hydrogens is 576 g/mol. The fourth-order valence-electron chi connectivity index (χ4n) is 4.09. The monoisotopic (exact) mass is 621 g/mol. The number of aromatic nitrogens is 2. The molecule has 43 heavy (non-hydrogen) atoms. The van der Waals surface area contributed by atoms with E-state index in [2.05, 4.69) is 45.4 Å². The molecule has 244 valence electrons. The number of aryl methyl sites for hydroxylation is 1. The van der Waals surface area contributed by atoms with Gasteiger partial charge < -0.3 is 15.1 Å². The molecule has 0 bridgehead atoms. The first-order valence-electron chi connectivity index (χ1n) is 14.3. The smallest absolute Gasteiger partial charge is 0.408 e. The number of alkyl halides is 6. The van der Waals surface area contributed by atoms with Gasteiger partial charge in [-0.15, -0.1) is 11.7 Å². The summed E-state index contributed by atoms with van der Waals surface area (Å²) in [5.41, 5.74) is 4.92. The van der Waals surface area contributed by atoms with Crippen LogP contribution in [0.2, 0.25) is 0 Å². The van der Waals surface area contributed by atoms with E-state index in [-0.39, 0.29) is 25.3 Å². The van der Waals surface area contributed by atoms with Crippen LogP contribution >= 0.6 is 0 Å². The zero-order chi connectivity index (χ0) is 33.2. The first kappa shape index (κ1) is 39.6. The van der Waals surface area contributed by atoms with E-state index in [1.807, 2.05) is 33.8 Å². The van der Waals surface area contributed by atoms with E-state index in [4.69, 9.17) is 10.2 Å². The van der Waals surface area contributed by atoms with Gasteiger partial charge in [0, 0.05) is 32.6 Å². The highest BCUT2D eigenvalue weighted by atomic mass is 19.4. The molecule has 8 nitrogen and oxygen atoms in total. The second-order valence-electron chi connectivity index (χ2n) is 8.61. The van der Waals surface area contributed by atoms with E-state index >= 15 is 0 Å². The number of piperidine rings is 1. The summed E-state index contributed by atoms with van der Waals surface area (Å²) < 4.78 is 82.8. The van der Waals surface area contributed by atoms with Crippen LogP contribution in [0.5, 0.6) is 0 Å². The van der Waals surface area contributed by atoms with Crippen LogP contribution in [0, 0.1) is 6.92 Å². The molecule has 0 radical (unpaired) electrons. The molecule has 1 aromatic heterocycles. The van der Waals surface area contributed by atoms with Gasteiger partial charge >= 0.3 is 18.4 Å². The summed E-state index contributed by atoms with van der Waals surface area (Å²) in [4.78, 5) is 5.97. The molecule has 0 aliphatic carbocycles. The molecule has 1 aliphatic rings. The SMILES string of the molecule is C=CCCCN(CC)c1nnc(C)o1.C=NN1/C(=N\CN)C(c2ccc(C(F)(F)F)cc2)CCC1C(F)(F)F.CC.CC. The Hall–Kier alpha value is -3.42. The maximum atomic E-state index is 13.2. The zero-order valence-electron chi connectivity index (χ0n) is 25.8. The number of anilines is 1. The van der Waals surface area contributed by atoms with Crippen LogP contribution in [0.3, 0.4) is 0 Å². The van der Waals surface area contributed by atoms with Crippen molar-refractivity contribution in [3.63, 3.8) is 0 Å². The van der Waals surface area contributed by atoms with Gasteiger partial charge in [0.2, 0.25) is 5.89 Å². The number of allylic oxidation sites excluding steroid dienone is 1. The van der Waals surface area contributed by atoms with E-state index in [0.29, 0.717) is 22.5 Å². The fraction of sp³-hybridized carbons (Fsp3) is 0.586. The van der Waals surface area contributed by atoms with Crippen LogP contribution in [0.1, 0.15) is 83.2 Å². The summed E-state index contributed by atoms with van der Waals surface area (Å²) >= 11 is 0. The molecule has 0 spiro atoms. The molecule has 14 heteroatoms. The van der Waals surface area contributed by atoms with Crippen LogP contribution in [-0.4, -0.2) is 59.7 Å². The summed E-state index contributed by atoms with van der Waals surface area (Å²) in [6, 6.07) is 2.96. The number of hydrogen-bond donors (Lipinski definition) is 1. The maximum absolute atomic E-state index is 13.2. The van der Waals surface area contributed by atoms with E-state index in [0.717, 1.165) is 38.1 Å². The molecule has 0 amide bonds. The number of hydrogen-bond acceptors (Lipinski definition) is 7. The van der Waals surface area contributed by atoms with E-state index in [9.17, 15) is 26.3 Å². The Morgan fingerprint density at radius 3 is 2.09 bits per heavy atom. The molecule has 1 aromatic carbocycles. The van der Waals surface area contributed by atoms with Crippen molar-refractivity contribution in [2.75, 3.05) is 24.7 Å². The van der Waals surface area contributed by atoms with E-state index in [1.165, 1.54) is 12.1 Å². The fourth-order valence-corrected chi connectivity index (χ4v) is 4.09. The lowest BCUT2D eigenvalue weighted by molar-refractivity contribution is -0.178. The third kappa shape index (κ3) is 12.4. The molecule has 2 N–H and O–H groups in total. The van der Waals surface area contributed by atoms with Crippen molar-refractivity contribution in [2.24, 2.45) is 15.8 Å². The quantitative estimate of drug-likeness (QED) is 0.132. The molecular formula is C29H45F6N7O. The Morgan fingerprint density at radius 1 is 1.07 bits per heavy atom. The number of hydrazone groups is 1. The zero-order valence-corrected chi connectivity index (χ0v) is 25.8. The molecule has 2 heterocycles. The third-order valence-corrected chi connectivity index (χ3v) is 6.00. The minimum Gasteiger partial charge on any atom is -0.408 e. The van der Waals surface area contributed by atoms with Crippen molar-refractivity contribution in [1.29, 1.82) is 0 Å². The van der Waals surface area contributed by atoms with Gasteiger partial charge in [-0.25, -0.2) is 5.01 Å². The van der Waals surface area contributed by atoms with Gasteiger partial charge in [-0.2, -0.15) is 31.4 Å². The standard InChI is InChI=1S/C15H16F6N4.C10H17N3O.2C2H6/c1-23-25-12(15(19,20)21)7-6-11(13(25)24-8-22)9-2-4-10(5-3-9)14(16,17)18;1-4-6-7-8-13(5-2)10-12-11-9(3)14-10;2*1-2/h2-5,11-12H,1,6-8,22H2;4H,1,5-8H2,2-3H3;2*1-2H3/b24-13-;;;. The maximum Gasteiger partial charge on any atom is 0.416 e. The number of rotatable bonds is 9.